The van der Waals surface area contributed by atoms with Gasteiger partial charge in [0.05, 0.1) is 12.2 Å². The molecule has 0 fully saturated rings. The number of amides is 4. The predicted octanol–water partition coefficient (Wildman–Crippen LogP) is 15.1. The molecule has 0 unspecified atom stereocenters. The zero-order chi connectivity index (χ0) is 62.1. The Morgan fingerprint density at radius 1 is 0.476 bits per heavy atom. The van der Waals surface area contributed by atoms with Gasteiger partial charge in [-0.2, -0.15) is 0 Å². The molecule has 0 radical (unpaired) electrons. The third-order valence-corrected chi connectivity index (χ3v) is 10.9. The molecule has 444 valence electrons. The number of hydrogen-bond donors (Lipinski definition) is 5. The summed E-state index contributed by atoms with van der Waals surface area (Å²) in [5, 5.41) is 18.3. The molecule has 5 N–H and O–H groups in total. The van der Waals surface area contributed by atoms with Gasteiger partial charge in [0.1, 0.15) is 32.9 Å². The van der Waals surface area contributed by atoms with Crippen LogP contribution in [0.1, 0.15) is 48.5 Å². The van der Waals surface area contributed by atoms with Gasteiger partial charge in [-0.15, -0.1) is 0 Å². The fourth-order valence-corrected chi connectivity index (χ4v) is 6.82. The standard InChI is InChI=1S/C24H21ClN2O4.C14H12ClNO.C10H10ClNO3.C10H11NO4.Cl5P/c1-27(22(28)15-26-24(30)31-16-17-8-4-2-5-9-17)21-13-12-19(25)14-20(21)23(29)18-10-6-3-7-11-18;1-16-13-8-7-11(15)9-12(13)14(17)10-5-3-2-4-6-10;11-9(13)6-12-10(14)15-7-8-4-2-1-3-5-8;12-9(13)6-11-10(14)15-7-8-4-2-1-3-5-8;1-6(2,3,4)5/h2-14H,15-16H2,1H3,(H,26,30);2-9,16H,1H3;1-5H,6-7H2,(H,12,14);1-5H,6-7H2,(H,11,14)(H,12,13);. The van der Waals surface area contributed by atoms with E-state index in [0.717, 1.165) is 22.4 Å². The van der Waals surface area contributed by atoms with Crippen molar-refractivity contribution in [3.05, 3.63) is 237 Å². The molecule has 0 saturated heterocycles. The fourth-order valence-electron chi connectivity index (χ4n) is 6.41. The molecule has 0 bridgehead atoms. The average molecular weight is 1330 g/mol. The molecule has 0 aliphatic carbocycles. The van der Waals surface area contributed by atoms with Gasteiger partial charge in [-0.3, -0.25) is 24.0 Å². The van der Waals surface area contributed by atoms with Crippen LogP contribution < -0.4 is 26.2 Å². The molecule has 0 aliphatic rings. The molecular formula is C58H54Cl8N5O12P. The largest absolute Gasteiger partial charge is 0.480 e. The molecule has 7 aromatic rings. The summed E-state index contributed by atoms with van der Waals surface area (Å²) in [7, 11) is 3.31. The van der Waals surface area contributed by atoms with E-state index in [1.165, 1.54) is 18.0 Å². The maximum absolute atomic E-state index is 12.9. The summed E-state index contributed by atoms with van der Waals surface area (Å²) in [5.74, 6) is -1.81. The number of nitrogens with zero attached hydrogens (tertiary/aromatic N) is 1. The van der Waals surface area contributed by atoms with Gasteiger partial charge in [0.25, 0.3) is 0 Å². The van der Waals surface area contributed by atoms with Crippen LogP contribution in [-0.2, 0) is 48.4 Å². The van der Waals surface area contributed by atoms with E-state index in [9.17, 15) is 38.4 Å². The molecule has 84 heavy (non-hydrogen) atoms. The van der Waals surface area contributed by atoms with E-state index in [-0.39, 0.29) is 44.5 Å². The van der Waals surface area contributed by atoms with Crippen molar-refractivity contribution < 1.29 is 57.7 Å². The van der Waals surface area contributed by atoms with Gasteiger partial charge in [-0.25, -0.2) is 14.4 Å². The van der Waals surface area contributed by atoms with Gasteiger partial charge in [0, 0.05) is 52.1 Å². The Kier molecular flexibility index (Phi) is 31.5. The maximum atomic E-state index is 12.9. The normalized spacial score (nSPS) is 10.5. The Bertz CT molecular complexity index is 3180. The number of anilines is 2. The first-order chi connectivity index (χ1) is 39.8. The molecule has 0 heterocycles. The van der Waals surface area contributed by atoms with Crippen LogP contribution in [0.15, 0.2) is 188 Å². The Balaban J connectivity index is 0.000000299. The number of ether oxygens (including phenoxy) is 3. The summed E-state index contributed by atoms with van der Waals surface area (Å²) in [6.07, 6.45) is -2.10. The van der Waals surface area contributed by atoms with Crippen molar-refractivity contribution in [2.75, 3.05) is 43.9 Å². The number of hydrogen-bond acceptors (Lipinski definition) is 12. The zero-order valence-electron chi connectivity index (χ0n) is 44.5. The smallest absolute Gasteiger partial charge is 0.407 e. The van der Waals surface area contributed by atoms with Crippen LogP contribution in [-0.4, -0.2) is 85.8 Å². The number of aliphatic carboxylic acids is 1. The number of likely N-dealkylation sites (N-methyl/N-ethyl adjacent to an activating group) is 1. The molecule has 0 aromatic heterocycles. The van der Waals surface area contributed by atoms with Crippen molar-refractivity contribution in [3.8, 4) is 0 Å². The summed E-state index contributed by atoms with van der Waals surface area (Å²) in [5.41, 5.74) is 5.76. The van der Waals surface area contributed by atoms with E-state index in [0.29, 0.717) is 38.0 Å². The van der Waals surface area contributed by atoms with Gasteiger partial charge < -0.3 is 45.5 Å². The molecule has 7 rings (SSSR count). The SMILES string of the molecule is CN(C(=O)CNC(=O)OCc1ccccc1)c1ccc(Cl)cc1C(=O)c1ccccc1.CNc1ccc(Cl)cc1C(=O)c1ccccc1.ClP(Cl)(Cl)(Cl)Cl.O=C(Cl)CNC(=O)OCc1ccccc1.O=C(O)CNC(=O)OCc1ccccc1. The summed E-state index contributed by atoms with van der Waals surface area (Å²) in [4.78, 5) is 93.4. The molecule has 0 aliphatic heterocycles. The first-order valence-corrected chi connectivity index (χ1v) is 32.2. The van der Waals surface area contributed by atoms with E-state index in [2.05, 4.69) is 21.3 Å². The van der Waals surface area contributed by atoms with Crippen LogP contribution >= 0.6 is 94.4 Å². The molecule has 0 spiro atoms. The van der Waals surface area contributed by atoms with Gasteiger partial charge in [-0.1, -0.05) is 175 Å². The van der Waals surface area contributed by atoms with Crippen LogP contribution in [0.5, 0.6) is 0 Å². The monoisotopic (exact) mass is 1320 g/mol. The molecule has 7 aromatic carbocycles. The predicted molar refractivity (Wildman–Crippen MR) is 334 cm³/mol. The molecule has 17 nitrogen and oxygen atoms in total. The number of benzene rings is 7. The topological polar surface area (TPSA) is 236 Å². The summed E-state index contributed by atoms with van der Waals surface area (Å²) in [6.45, 7) is -0.548. The van der Waals surface area contributed by atoms with Crippen molar-refractivity contribution in [1.82, 2.24) is 16.0 Å². The van der Waals surface area contributed by atoms with E-state index >= 15 is 0 Å². The summed E-state index contributed by atoms with van der Waals surface area (Å²) < 4.78 is 11.0. The number of carbonyl (C=O) groups excluding carboxylic acids is 7. The number of halogens is 8. The third-order valence-electron chi connectivity index (χ3n) is 10.3. The van der Waals surface area contributed by atoms with E-state index in [1.54, 1.807) is 73.8 Å². The number of carboxylic acids is 1. The summed E-state index contributed by atoms with van der Waals surface area (Å²) >= 11 is 41.9. The Labute approximate surface area is 523 Å². The Hall–Kier alpha value is -7.15. The Morgan fingerprint density at radius 3 is 1.18 bits per heavy atom. The number of ketones is 2. The van der Waals surface area contributed by atoms with Crippen LogP contribution in [0.25, 0.3) is 0 Å². The molecule has 4 amide bonds. The van der Waals surface area contributed by atoms with Crippen LogP contribution in [0.2, 0.25) is 10.0 Å². The minimum Gasteiger partial charge on any atom is -0.480 e. The Morgan fingerprint density at radius 2 is 0.810 bits per heavy atom. The van der Waals surface area contributed by atoms with E-state index in [1.807, 2.05) is 115 Å². The van der Waals surface area contributed by atoms with Crippen molar-refractivity contribution in [2.24, 2.45) is 0 Å². The number of nitrogens with one attached hydrogen (secondary N) is 4. The average Bonchev–Trinajstić information content (AvgIpc) is 3.67. The van der Waals surface area contributed by atoms with Crippen LogP contribution in [0, 0.1) is 0 Å². The van der Waals surface area contributed by atoms with Crippen molar-refractivity contribution in [3.63, 3.8) is 0 Å². The molecule has 0 saturated carbocycles. The second-order valence-corrected chi connectivity index (χ2v) is 34.5. The van der Waals surface area contributed by atoms with Gasteiger partial charge in [0.2, 0.25) is 11.1 Å². The quantitative estimate of drug-likeness (QED) is 0.0233. The maximum Gasteiger partial charge on any atom is 0.407 e. The van der Waals surface area contributed by atoms with Crippen LogP contribution in [0.4, 0.5) is 25.8 Å². The van der Waals surface area contributed by atoms with E-state index in [4.69, 9.17) is 110 Å². The molecule has 26 heteroatoms. The first kappa shape index (κ1) is 71.1. The fraction of sp³-hybridized carbons (Fsp3) is 0.138. The first-order valence-electron chi connectivity index (χ1n) is 24.4. The van der Waals surface area contributed by atoms with Gasteiger partial charge in [0.15, 0.2) is 11.6 Å². The van der Waals surface area contributed by atoms with Gasteiger partial charge >= 0.3 is 83.8 Å². The number of rotatable bonds is 18. The molecule has 0 atom stereocenters. The van der Waals surface area contributed by atoms with Gasteiger partial charge in [-0.05, 0) is 64.7 Å². The minimum atomic E-state index is -3.69. The zero-order valence-corrected chi connectivity index (χ0v) is 51.4. The van der Waals surface area contributed by atoms with Crippen molar-refractivity contribution in [2.45, 2.75) is 19.8 Å². The summed E-state index contributed by atoms with van der Waals surface area (Å²) in [6, 6.07) is 55.4. The number of alkyl carbamates (subject to hydrolysis) is 3. The minimum absolute atomic E-state index is 0.0301. The number of carbonyl (C=O) groups is 8. The second-order valence-electron chi connectivity index (χ2n) is 16.6. The van der Waals surface area contributed by atoms with Crippen LogP contribution in [0.3, 0.4) is 0 Å². The van der Waals surface area contributed by atoms with Crippen molar-refractivity contribution in [1.29, 1.82) is 0 Å². The van der Waals surface area contributed by atoms with E-state index < -0.39 is 45.3 Å². The third kappa shape index (κ3) is 30.9. The van der Waals surface area contributed by atoms with Crippen molar-refractivity contribution >= 4 is 153 Å². The number of carboxylic acid groups (broad SMARTS) is 1. The second kappa shape index (κ2) is 37.2. The molecular weight excluding hydrogens is 1270 g/mol.